The number of halogens is 1. The molecule has 0 unspecified atom stereocenters. The van der Waals surface area contributed by atoms with Crippen LogP contribution in [0.15, 0.2) is 30.5 Å². The molecule has 0 saturated heterocycles. The summed E-state index contributed by atoms with van der Waals surface area (Å²) in [5.41, 5.74) is 4.88. The average Bonchev–Trinajstić information content (AvgIpc) is 3.06. The number of ketones is 1. The van der Waals surface area contributed by atoms with E-state index in [-0.39, 0.29) is 22.8 Å². The maximum Gasteiger partial charge on any atom is 0.355 e. The van der Waals surface area contributed by atoms with Crippen LogP contribution in [0.2, 0.25) is 5.02 Å². The Morgan fingerprint density at radius 3 is 2.46 bits per heavy atom. The molecule has 0 aliphatic rings. The molecular weight excluding hydrogens is 390 g/mol. The topological polar surface area (TPSA) is 116 Å². The van der Waals surface area contributed by atoms with Crippen LogP contribution in [0.4, 0.5) is 0 Å². The fraction of sp³-hybridized carbons (Fsp3) is 0.222. The molecule has 1 aromatic heterocycles. The minimum atomic E-state index is -0.784. The third kappa shape index (κ3) is 5.10. The molecule has 148 valence electrons. The van der Waals surface area contributed by atoms with Crippen LogP contribution in [0.25, 0.3) is 0 Å². The Balaban J connectivity index is 1.89. The quantitative estimate of drug-likeness (QED) is 0.426. The number of Topliss-reactive ketones (excluding diaryl/α,β-unsaturated/α-hetero) is 1. The maximum absolute atomic E-state index is 12.1. The lowest BCUT2D eigenvalue weighted by Crippen LogP contribution is -2.43. The Morgan fingerprint density at radius 1 is 1.14 bits per heavy atom. The molecule has 2 rings (SSSR count). The maximum atomic E-state index is 12.1. The Morgan fingerprint density at radius 2 is 1.86 bits per heavy atom. The lowest BCUT2D eigenvalue weighted by atomic mass is 10.2. The fourth-order valence-electron chi connectivity index (χ4n) is 2.25. The molecule has 1 aromatic carbocycles. The SMILES string of the molecule is COc1ccc(Cl)cc1C(=O)NNC(=O)COC(=O)c1cc(C(C)=O)cn1C. The predicted molar refractivity (Wildman–Crippen MR) is 99.3 cm³/mol. The molecule has 0 fully saturated rings. The van der Waals surface area contributed by atoms with Gasteiger partial charge in [0.2, 0.25) is 0 Å². The molecule has 2 N–H and O–H groups in total. The van der Waals surface area contributed by atoms with Crippen molar-refractivity contribution in [2.45, 2.75) is 6.92 Å². The van der Waals surface area contributed by atoms with Crippen LogP contribution in [-0.4, -0.2) is 41.9 Å². The summed E-state index contributed by atoms with van der Waals surface area (Å²) in [6.07, 6.45) is 1.48. The van der Waals surface area contributed by atoms with E-state index in [1.807, 2.05) is 0 Å². The fourth-order valence-corrected chi connectivity index (χ4v) is 2.42. The van der Waals surface area contributed by atoms with Crippen LogP contribution in [-0.2, 0) is 16.6 Å². The summed E-state index contributed by atoms with van der Waals surface area (Å²) in [5.74, 6) is -2.14. The molecule has 28 heavy (non-hydrogen) atoms. The van der Waals surface area contributed by atoms with Gasteiger partial charge in [0.25, 0.3) is 11.8 Å². The van der Waals surface area contributed by atoms with Crippen molar-refractivity contribution < 1.29 is 28.7 Å². The number of methoxy groups -OCH3 is 1. The van der Waals surface area contributed by atoms with Crippen LogP contribution >= 0.6 is 11.6 Å². The lowest BCUT2D eigenvalue weighted by molar-refractivity contribution is -0.125. The van der Waals surface area contributed by atoms with Gasteiger partial charge in [-0.3, -0.25) is 25.2 Å². The van der Waals surface area contributed by atoms with Gasteiger partial charge < -0.3 is 14.0 Å². The second-order valence-corrected chi connectivity index (χ2v) is 6.14. The molecule has 0 radical (unpaired) electrons. The number of benzene rings is 1. The first kappa shape index (κ1) is 21.0. The number of amides is 2. The van der Waals surface area contributed by atoms with E-state index in [9.17, 15) is 19.2 Å². The highest BCUT2D eigenvalue weighted by Gasteiger charge is 2.17. The third-order valence-electron chi connectivity index (χ3n) is 3.68. The lowest BCUT2D eigenvalue weighted by Gasteiger charge is -2.11. The van der Waals surface area contributed by atoms with Crippen molar-refractivity contribution >= 4 is 35.2 Å². The molecule has 10 heteroatoms. The number of nitrogens with zero attached hydrogens (tertiary/aromatic N) is 1. The number of hydrogen-bond acceptors (Lipinski definition) is 6. The van der Waals surface area contributed by atoms with Crippen molar-refractivity contribution in [2.75, 3.05) is 13.7 Å². The molecule has 0 aliphatic heterocycles. The van der Waals surface area contributed by atoms with E-state index < -0.39 is 24.4 Å². The molecule has 2 aromatic rings. The van der Waals surface area contributed by atoms with E-state index in [0.29, 0.717) is 10.6 Å². The molecule has 0 bridgehead atoms. The van der Waals surface area contributed by atoms with Gasteiger partial charge in [0.05, 0.1) is 12.7 Å². The molecular formula is C18H18ClN3O6. The van der Waals surface area contributed by atoms with E-state index in [1.54, 1.807) is 13.1 Å². The molecule has 0 saturated carbocycles. The number of ether oxygens (including phenoxy) is 2. The molecule has 1 heterocycles. The van der Waals surface area contributed by atoms with Crippen molar-refractivity contribution in [2.24, 2.45) is 7.05 Å². The first-order chi connectivity index (χ1) is 13.2. The standard InChI is InChI=1S/C18H18ClN3O6/c1-10(23)11-6-14(22(2)8-11)18(26)28-9-16(24)20-21-17(25)13-7-12(19)4-5-15(13)27-3/h4-8H,9H2,1-3H3,(H,20,24)(H,21,25). The van der Waals surface area contributed by atoms with Gasteiger partial charge in [-0.2, -0.15) is 0 Å². The number of esters is 1. The minimum absolute atomic E-state index is 0.116. The minimum Gasteiger partial charge on any atom is -0.496 e. The predicted octanol–water partition coefficient (Wildman–Crippen LogP) is 1.51. The van der Waals surface area contributed by atoms with Crippen LogP contribution in [0.3, 0.4) is 0 Å². The summed E-state index contributed by atoms with van der Waals surface area (Å²) in [4.78, 5) is 47.3. The summed E-state index contributed by atoms with van der Waals surface area (Å²) >= 11 is 5.85. The molecule has 2 amide bonds. The third-order valence-corrected chi connectivity index (χ3v) is 3.91. The molecule has 0 aliphatic carbocycles. The number of aryl methyl sites for hydroxylation is 1. The number of hydrogen-bond donors (Lipinski definition) is 2. The van der Waals surface area contributed by atoms with Gasteiger partial charge >= 0.3 is 5.97 Å². The van der Waals surface area contributed by atoms with Gasteiger partial charge in [-0.15, -0.1) is 0 Å². The zero-order valence-electron chi connectivity index (χ0n) is 15.4. The second kappa shape index (κ2) is 9.05. The number of carbonyl (C=O) groups excluding carboxylic acids is 4. The highest BCUT2D eigenvalue weighted by molar-refractivity contribution is 6.31. The number of carbonyl (C=O) groups is 4. The van der Waals surface area contributed by atoms with Gasteiger partial charge in [-0.25, -0.2) is 4.79 Å². The summed E-state index contributed by atoms with van der Waals surface area (Å²) in [5, 5.41) is 0.318. The Kier molecular flexibility index (Phi) is 6.78. The first-order valence-electron chi connectivity index (χ1n) is 8.00. The van der Waals surface area contributed by atoms with Crippen molar-refractivity contribution in [3.63, 3.8) is 0 Å². The van der Waals surface area contributed by atoms with Gasteiger partial charge in [0, 0.05) is 23.8 Å². The van der Waals surface area contributed by atoms with Crippen molar-refractivity contribution in [1.82, 2.24) is 15.4 Å². The van der Waals surface area contributed by atoms with Gasteiger partial charge in [0.15, 0.2) is 12.4 Å². The van der Waals surface area contributed by atoms with Gasteiger partial charge in [-0.1, -0.05) is 11.6 Å². The number of hydrazine groups is 1. The van der Waals surface area contributed by atoms with Gasteiger partial charge in [-0.05, 0) is 31.2 Å². The van der Waals surface area contributed by atoms with Gasteiger partial charge in [0.1, 0.15) is 11.4 Å². The van der Waals surface area contributed by atoms with Crippen LogP contribution in [0.5, 0.6) is 5.75 Å². The normalized spacial score (nSPS) is 10.1. The molecule has 0 atom stereocenters. The van der Waals surface area contributed by atoms with E-state index in [4.69, 9.17) is 21.1 Å². The number of aromatic nitrogens is 1. The van der Waals surface area contributed by atoms with E-state index in [2.05, 4.69) is 10.9 Å². The summed E-state index contributed by atoms with van der Waals surface area (Å²) in [6.45, 7) is 0.738. The highest BCUT2D eigenvalue weighted by atomic mass is 35.5. The van der Waals surface area contributed by atoms with E-state index in [0.717, 1.165) is 0 Å². The Hall–Kier alpha value is -3.33. The summed E-state index contributed by atoms with van der Waals surface area (Å²) < 4.78 is 11.4. The smallest absolute Gasteiger partial charge is 0.355 e. The zero-order valence-corrected chi connectivity index (χ0v) is 16.1. The monoisotopic (exact) mass is 407 g/mol. The molecule has 9 nitrogen and oxygen atoms in total. The summed E-state index contributed by atoms with van der Waals surface area (Å²) in [6, 6.07) is 5.81. The van der Waals surface area contributed by atoms with E-state index >= 15 is 0 Å². The van der Waals surface area contributed by atoms with Crippen molar-refractivity contribution in [1.29, 1.82) is 0 Å². The Labute approximate surface area is 165 Å². The van der Waals surface area contributed by atoms with Crippen LogP contribution in [0.1, 0.15) is 38.1 Å². The average molecular weight is 408 g/mol. The van der Waals surface area contributed by atoms with Crippen LogP contribution < -0.4 is 15.6 Å². The van der Waals surface area contributed by atoms with Crippen molar-refractivity contribution in [3.8, 4) is 5.75 Å². The zero-order chi connectivity index (χ0) is 20.8. The second-order valence-electron chi connectivity index (χ2n) is 5.70. The first-order valence-corrected chi connectivity index (χ1v) is 8.38. The Bertz CT molecular complexity index is 937. The molecule has 0 spiro atoms. The highest BCUT2D eigenvalue weighted by Crippen LogP contribution is 2.22. The summed E-state index contributed by atoms with van der Waals surface area (Å²) in [7, 11) is 2.96. The number of nitrogens with one attached hydrogen (secondary N) is 2. The van der Waals surface area contributed by atoms with Crippen LogP contribution in [0, 0.1) is 0 Å². The van der Waals surface area contributed by atoms with Crippen molar-refractivity contribution in [3.05, 3.63) is 52.3 Å². The van der Waals surface area contributed by atoms with E-state index in [1.165, 1.54) is 43.0 Å². The largest absolute Gasteiger partial charge is 0.496 e. The number of rotatable bonds is 6.